The van der Waals surface area contributed by atoms with E-state index in [0.717, 1.165) is 33.2 Å². The zero-order chi connectivity index (χ0) is 33.0. The lowest BCUT2D eigenvalue weighted by Crippen LogP contribution is -2.21. The van der Waals surface area contributed by atoms with E-state index in [1.165, 1.54) is 7.11 Å². The molecule has 0 radical (unpaired) electrons. The Balaban J connectivity index is 0.000000181. The van der Waals surface area contributed by atoms with Crippen molar-refractivity contribution in [2.75, 3.05) is 17.7 Å². The van der Waals surface area contributed by atoms with Crippen LogP contribution in [0.4, 0.5) is 11.4 Å². The molecule has 2 aromatic carbocycles. The van der Waals surface area contributed by atoms with Gasteiger partial charge in [0.15, 0.2) is 0 Å². The van der Waals surface area contributed by atoms with Crippen molar-refractivity contribution in [2.45, 2.75) is 33.3 Å². The van der Waals surface area contributed by atoms with E-state index in [0.29, 0.717) is 22.6 Å². The van der Waals surface area contributed by atoms with Gasteiger partial charge in [-0.2, -0.15) is 0 Å². The van der Waals surface area contributed by atoms with E-state index in [9.17, 15) is 19.5 Å². The van der Waals surface area contributed by atoms with E-state index in [2.05, 4.69) is 30.6 Å². The van der Waals surface area contributed by atoms with Gasteiger partial charge in [0, 0.05) is 56.8 Å². The Morgan fingerprint density at radius 3 is 1.74 bits per heavy atom. The number of esters is 1. The van der Waals surface area contributed by atoms with E-state index in [4.69, 9.17) is 4.74 Å². The molecule has 5 N–H and O–H groups in total. The molecule has 11 nitrogen and oxygen atoms in total. The summed E-state index contributed by atoms with van der Waals surface area (Å²) in [4.78, 5) is 51.4. The summed E-state index contributed by atoms with van der Waals surface area (Å²) >= 11 is 0. The molecular formula is C35H34N6O5. The van der Waals surface area contributed by atoms with Gasteiger partial charge in [0.25, 0.3) is 11.8 Å². The zero-order valence-corrected chi connectivity index (χ0v) is 26.1. The third kappa shape index (κ3) is 7.11. The second-order valence-electron chi connectivity index (χ2n) is 11.2. The van der Waals surface area contributed by atoms with Crippen molar-refractivity contribution >= 4 is 51.0 Å². The molecule has 0 aliphatic heterocycles. The molecule has 6 rings (SSSR count). The first kappa shape index (κ1) is 31.6. The smallest absolute Gasteiger partial charge is 0.340 e. The number of rotatable bonds is 6. The van der Waals surface area contributed by atoms with Gasteiger partial charge >= 0.3 is 5.97 Å². The van der Waals surface area contributed by atoms with Crippen molar-refractivity contribution in [3.8, 4) is 0 Å². The number of hydrogen-bond donors (Lipinski definition) is 5. The van der Waals surface area contributed by atoms with Gasteiger partial charge in [-0.3, -0.25) is 9.59 Å². The SMILES string of the molecule is COC(=O)c1cc2[nH]ccc2cc1NC(=O)c1cccc(C)n1.Cc1cccc(C(=O)Nc2cc3cc[nH]c3cc2C(C)(C)O)n1. The fourth-order valence-electron chi connectivity index (χ4n) is 4.90. The molecule has 6 aromatic rings. The molecule has 46 heavy (non-hydrogen) atoms. The number of nitrogens with zero attached hydrogens (tertiary/aromatic N) is 2. The molecule has 0 atom stereocenters. The van der Waals surface area contributed by atoms with Crippen molar-refractivity contribution in [3.63, 3.8) is 0 Å². The summed E-state index contributed by atoms with van der Waals surface area (Å²) in [7, 11) is 1.30. The molecule has 0 unspecified atom stereocenters. The predicted octanol–water partition coefficient (Wildman–Crippen LogP) is 6.26. The molecule has 2 amide bonds. The van der Waals surface area contributed by atoms with Gasteiger partial charge < -0.3 is 30.4 Å². The highest BCUT2D eigenvalue weighted by Gasteiger charge is 2.23. The van der Waals surface area contributed by atoms with Crippen molar-refractivity contribution in [2.24, 2.45) is 0 Å². The van der Waals surface area contributed by atoms with Crippen molar-refractivity contribution in [3.05, 3.63) is 119 Å². The van der Waals surface area contributed by atoms with Crippen LogP contribution in [0, 0.1) is 13.8 Å². The first-order chi connectivity index (χ1) is 21.9. The molecule has 0 aliphatic carbocycles. The monoisotopic (exact) mass is 618 g/mol. The Bertz CT molecular complexity index is 2070. The molecule has 0 bridgehead atoms. The Morgan fingerprint density at radius 2 is 1.24 bits per heavy atom. The minimum atomic E-state index is -1.08. The molecule has 0 saturated heterocycles. The van der Waals surface area contributed by atoms with E-state index in [1.54, 1.807) is 56.4 Å². The van der Waals surface area contributed by atoms with Gasteiger partial charge in [-0.1, -0.05) is 12.1 Å². The number of aromatic amines is 2. The number of nitrogens with one attached hydrogen (secondary N) is 4. The standard InChI is InChI=1S/C18H19N3O2.C17H15N3O3/c1-11-5-4-6-14(20-11)17(22)21-16-9-12-7-8-19-15(12)10-13(16)18(2,3)23;1-10-4-3-5-13(19-10)16(21)20-15-8-11-6-7-18-14(11)9-12(15)17(22)23-2/h4-10,19,23H,1-3H3,(H,21,22);3-9,18H,1-2H3,(H,20,21). The normalized spacial score (nSPS) is 11.1. The number of methoxy groups -OCH3 is 1. The van der Waals surface area contributed by atoms with E-state index in [1.807, 2.05) is 56.4 Å². The molecule has 0 fully saturated rings. The van der Waals surface area contributed by atoms with Crippen molar-refractivity contribution < 1.29 is 24.2 Å². The molecular weight excluding hydrogens is 584 g/mol. The molecule has 0 spiro atoms. The number of carbonyl (C=O) groups excluding carboxylic acids is 3. The van der Waals surface area contributed by atoms with E-state index >= 15 is 0 Å². The van der Waals surface area contributed by atoms with E-state index < -0.39 is 11.6 Å². The lowest BCUT2D eigenvalue weighted by molar-refractivity contribution is 0.0601. The first-order valence-corrected chi connectivity index (χ1v) is 14.5. The summed E-state index contributed by atoms with van der Waals surface area (Å²) in [5.74, 6) is -1.20. The number of ether oxygens (including phenoxy) is 1. The van der Waals surface area contributed by atoms with Crippen LogP contribution in [-0.4, -0.2) is 49.9 Å². The maximum Gasteiger partial charge on any atom is 0.340 e. The number of hydrogen-bond acceptors (Lipinski definition) is 7. The Hall–Kier alpha value is -5.81. The summed E-state index contributed by atoms with van der Waals surface area (Å²) < 4.78 is 4.79. The Labute approximate surface area is 265 Å². The van der Waals surface area contributed by atoms with Crippen LogP contribution in [0.1, 0.15) is 62.1 Å². The van der Waals surface area contributed by atoms with Gasteiger partial charge in [-0.05, 0) is 88.4 Å². The highest BCUT2D eigenvalue weighted by atomic mass is 16.5. The number of aliphatic hydroxyl groups is 1. The number of pyridine rings is 2. The number of fused-ring (bicyclic) bond motifs is 2. The van der Waals surface area contributed by atoms with Crippen LogP contribution >= 0.6 is 0 Å². The first-order valence-electron chi connectivity index (χ1n) is 14.5. The summed E-state index contributed by atoms with van der Waals surface area (Å²) in [5.41, 5.74) is 4.67. The largest absolute Gasteiger partial charge is 0.465 e. The molecule has 4 aromatic heterocycles. The van der Waals surface area contributed by atoms with Gasteiger partial charge in [-0.25, -0.2) is 14.8 Å². The predicted molar refractivity (Wildman–Crippen MR) is 177 cm³/mol. The summed E-state index contributed by atoms with van der Waals surface area (Å²) in [6.07, 6.45) is 3.59. The summed E-state index contributed by atoms with van der Waals surface area (Å²) in [5, 5.41) is 17.9. The lowest BCUT2D eigenvalue weighted by Gasteiger charge is -2.22. The molecule has 0 saturated carbocycles. The third-order valence-electron chi connectivity index (χ3n) is 7.19. The fraction of sp³-hybridized carbons (Fsp3) is 0.171. The maximum atomic E-state index is 12.5. The average Bonchev–Trinajstić information content (AvgIpc) is 3.68. The zero-order valence-electron chi connectivity index (χ0n) is 26.1. The molecule has 4 heterocycles. The summed E-state index contributed by atoms with van der Waals surface area (Å²) in [6, 6.07) is 21.4. The Morgan fingerprint density at radius 1 is 0.739 bits per heavy atom. The lowest BCUT2D eigenvalue weighted by atomic mass is 9.95. The molecule has 0 aliphatic rings. The number of aromatic nitrogens is 4. The van der Waals surface area contributed by atoms with Gasteiger partial charge in [0.1, 0.15) is 11.4 Å². The minimum absolute atomic E-state index is 0.281. The van der Waals surface area contributed by atoms with Crippen LogP contribution in [0.2, 0.25) is 0 Å². The Kier molecular flexibility index (Phi) is 8.97. The second-order valence-corrected chi connectivity index (χ2v) is 11.2. The van der Waals surface area contributed by atoms with Crippen LogP contribution in [0.3, 0.4) is 0 Å². The van der Waals surface area contributed by atoms with Crippen molar-refractivity contribution in [1.82, 2.24) is 19.9 Å². The van der Waals surface area contributed by atoms with Crippen LogP contribution in [0.5, 0.6) is 0 Å². The van der Waals surface area contributed by atoms with E-state index in [-0.39, 0.29) is 23.1 Å². The number of H-pyrrole nitrogens is 2. The van der Waals surface area contributed by atoms with Gasteiger partial charge in [-0.15, -0.1) is 0 Å². The molecule has 234 valence electrons. The quantitative estimate of drug-likeness (QED) is 0.138. The second kappa shape index (κ2) is 13.0. The minimum Gasteiger partial charge on any atom is -0.465 e. The van der Waals surface area contributed by atoms with Crippen LogP contribution in [-0.2, 0) is 10.3 Å². The fourth-order valence-corrected chi connectivity index (χ4v) is 4.90. The highest BCUT2D eigenvalue weighted by molar-refractivity contribution is 6.09. The van der Waals surface area contributed by atoms with Gasteiger partial charge in [0.2, 0.25) is 0 Å². The molecule has 11 heteroatoms. The van der Waals surface area contributed by atoms with Crippen LogP contribution < -0.4 is 10.6 Å². The van der Waals surface area contributed by atoms with Crippen molar-refractivity contribution in [1.29, 1.82) is 0 Å². The number of benzene rings is 2. The van der Waals surface area contributed by atoms with Gasteiger partial charge in [0.05, 0.1) is 24.0 Å². The average molecular weight is 619 g/mol. The highest BCUT2D eigenvalue weighted by Crippen LogP contribution is 2.32. The van der Waals surface area contributed by atoms with Crippen LogP contribution in [0.15, 0.2) is 85.2 Å². The topological polar surface area (TPSA) is 162 Å². The summed E-state index contributed by atoms with van der Waals surface area (Å²) in [6.45, 7) is 7.03. The number of anilines is 2. The number of carbonyl (C=O) groups is 3. The third-order valence-corrected chi connectivity index (χ3v) is 7.19. The number of aryl methyl sites for hydroxylation is 2. The maximum absolute atomic E-state index is 12.5. The number of amides is 2. The van der Waals surface area contributed by atoms with Crippen LogP contribution in [0.25, 0.3) is 21.8 Å².